The van der Waals surface area contributed by atoms with Crippen molar-refractivity contribution >= 4 is 11.4 Å². The third kappa shape index (κ3) is 4.61. The number of nitrogens with zero attached hydrogens (tertiary/aromatic N) is 6. The van der Waals surface area contributed by atoms with Crippen LogP contribution in [0.3, 0.4) is 0 Å². The van der Waals surface area contributed by atoms with Crippen LogP contribution in [0.25, 0.3) is 0 Å². The first kappa shape index (κ1) is 20.5. The Morgan fingerprint density at radius 2 is 1.57 bits per heavy atom. The number of nitriles is 3. The number of hydrogen-bond acceptors (Lipinski definition) is 6. The molecular formula is C24H20N6. The summed E-state index contributed by atoms with van der Waals surface area (Å²) in [6, 6.07) is 19.9. The van der Waals surface area contributed by atoms with Crippen LogP contribution in [0.2, 0.25) is 0 Å². The highest BCUT2D eigenvalue weighted by atomic mass is 15.1. The molecule has 30 heavy (non-hydrogen) atoms. The van der Waals surface area contributed by atoms with Crippen LogP contribution in [0.5, 0.6) is 0 Å². The molecule has 6 heteroatoms. The highest BCUT2D eigenvalue weighted by molar-refractivity contribution is 5.63. The first-order valence-corrected chi connectivity index (χ1v) is 9.41. The Kier molecular flexibility index (Phi) is 6.06. The van der Waals surface area contributed by atoms with E-state index in [2.05, 4.69) is 28.2 Å². The summed E-state index contributed by atoms with van der Waals surface area (Å²) < 4.78 is 0. The molecule has 0 atom stereocenters. The van der Waals surface area contributed by atoms with Gasteiger partial charge in [-0.15, -0.1) is 0 Å². The highest BCUT2D eigenvalue weighted by Crippen LogP contribution is 2.30. The van der Waals surface area contributed by atoms with Crippen LogP contribution in [0, 0.1) is 34.0 Å². The molecule has 0 aliphatic rings. The van der Waals surface area contributed by atoms with Gasteiger partial charge in [0.2, 0.25) is 0 Å². The lowest BCUT2D eigenvalue weighted by Gasteiger charge is -2.26. The monoisotopic (exact) mass is 392 g/mol. The molecule has 0 saturated carbocycles. The summed E-state index contributed by atoms with van der Waals surface area (Å²) in [7, 11) is 0. The van der Waals surface area contributed by atoms with Gasteiger partial charge in [0.25, 0.3) is 0 Å². The fourth-order valence-electron chi connectivity index (χ4n) is 3.13. The lowest BCUT2D eigenvalue weighted by atomic mass is 9.84. The van der Waals surface area contributed by atoms with Crippen molar-refractivity contribution in [1.29, 1.82) is 15.8 Å². The maximum absolute atomic E-state index is 9.58. The molecule has 2 aromatic carbocycles. The predicted molar refractivity (Wildman–Crippen MR) is 113 cm³/mol. The zero-order valence-corrected chi connectivity index (χ0v) is 16.9. The van der Waals surface area contributed by atoms with Gasteiger partial charge in [-0.1, -0.05) is 18.2 Å². The molecule has 1 aromatic heterocycles. The van der Waals surface area contributed by atoms with E-state index in [9.17, 15) is 10.5 Å². The topological polar surface area (TPSA) is 100 Å². The van der Waals surface area contributed by atoms with Gasteiger partial charge in [0.1, 0.15) is 6.33 Å². The standard InChI is InChI=1S/C24H20N6/c1-24(2,16-27)21-10-19(7-8-25)9-20(11-21)15-30(23-13-28-17-29-14-23)22-5-3-18(12-26)4-6-22/h3-6,9-11,13-14,17H,7,15H2,1-2H3. The normalized spacial score (nSPS) is 10.5. The van der Waals surface area contributed by atoms with E-state index in [4.69, 9.17) is 5.26 Å². The first-order valence-electron chi connectivity index (χ1n) is 9.41. The summed E-state index contributed by atoms with van der Waals surface area (Å²) >= 11 is 0. The molecule has 0 saturated heterocycles. The lowest BCUT2D eigenvalue weighted by molar-refractivity contribution is 0.684. The molecule has 3 aromatic rings. The molecule has 0 aliphatic carbocycles. The van der Waals surface area contributed by atoms with Gasteiger partial charge in [-0.25, -0.2) is 9.97 Å². The number of rotatable bonds is 6. The third-order valence-electron chi connectivity index (χ3n) is 4.84. The predicted octanol–water partition coefficient (Wildman–Crippen LogP) is 4.55. The molecule has 0 N–H and O–H groups in total. The molecule has 0 amide bonds. The maximum atomic E-state index is 9.58. The van der Waals surface area contributed by atoms with Crippen molar-refractivity contribution in [3.05, 3.63) is 83.4 Å². The Balaban J connectivity index is 2.07. The fraction of sp³-hybridized carbons (Fsp3) is 0.208. The number of anilines is 2. The minimum atomic E-state index is -0.671. The smallest absolute Gasteiger partial charge is 0.115 e. The molecule has 0 unspecified atom stereocenters. The van der Waals surface area contributed by atoms with E-state index in [1.54, 1.807) is 24.5 Å². The van der Waals surface area contributed by atoms with E-state index < -0.39 is 5.41 Å². The van der Waals surface area contributed by atoms with E-state index in [0.717, 1.165) is 28.1 Å². The zero-order chi connectivity index (χ0) is 21.6. The number of benzene rings is 2. The van der Waals surface area contributed by atoms with Crippen molar-refractivity contribution in [2.24, 2.45) is 0 Å². The second kappa shape index (κ2) is 8.86. The van der Waals surface area contributed by atoms with Crippen LogP contribution < -0.4 is 4.90 Å². The van der Waals surface area contributed by atoms with Crippen LogP contribution in [0.4, 0.5) is 11.4 Å². The van der Waals surface area contributed by atoms with Crippen molar-refractivity contribution in [2.45, 2.75) is 32.2 Å². The molecule has 0 radical (unpaired) electrons. The largest absolute Gasteiger partial charge is 0.334 e. The van der Waals surface area contributed by atoms with Crippen molar-refractivity contribution in [2.75, 3.05) is 4.90 Å². The Morgan fingerprint density at radius 3 is 2.17 bits per heavy atom. The van der Waals surface area contributed by atoms with Crippen molar-refractivity contribution < 1.29 is 0 Å². The SMILES string of the molecule is CC(C)(C#N)c1cc(CC#N)cc(CN(c2ccc(C#N)cc2)c2cncnc2)c1. The summed E-state index contributed by atoms with van der Waals surface area (Å²) in [5.74, 6) is 0. The summed E-state index contributed by atoms with van der Waals surface area (Å²) in [6.45, 7) is 4.23. The average Bonchev–Trinajstić information content (AvgIpc) is 2.78. The van der Waals surface area contributed by atoms with Crippen LogP contribution in [-0.2, 0) is 18.4 Å². The molecule has 3 rings (SSSR count). The maximum Gasteiger partial charge on any atom is 0.115 e. The van der Waals surface area contributed by atoms with Gasteiger partial charge in [0.05, 0.1) is 53.7 Å². The highest BCUT2D eigenvalue weighted by Gasteiger charge is 2.22. The second-order valence-corrected chi connectivity index (χ2v) is 7.45. The quantitative estimate of drug-likeness (QED) is 0.610. The van der Waals surface area contributed by atoms with Crippen molar-refractivity contribution in [3.63, 3.8) is 0 Å². The van der Waals surface area contributed by atoms with Gasteiger partial charge in [-0.3, -0.25) is 0 Å². The summed E-state index contributed by atoms with van der Waals surface area (Å²) in [5.41, 5.74) is 4.31. The first-order chi connectivity index (χ1) is 14.5. The fourth-order valence-corrected chi connectivity index (χ4v) is 3.13. The minimum absolute atomic E-state index is 0.271. The Bertz CT molecular complexity index is 1150. The lowest BCUT2D eigenvalue weighted by Crippen LogP contribution is -2.19. The molecule has 1 heterocycles. The molecule has 0 fully saturated rings. The van der Waals surface area contributed by atoms with E-state index in [0.29, 0.717) is 12.1 Å². The second-order valence-electron chi connectivity index (χ2n) is 7.45. The molecule has 0 bridgehead atoms. The summed E-state index contributed by atoms with van der Waals surface area (Å²) in [4.78, 5) is 10.3. The average molecular weight is 392 g/mol. The summed E-state index contributed by atoms with van der Waals surface area (Å²) in [5, 5.41) is 27.9. The summed E-state index contributed by atoms with van der Waals surface area (Å²) in [6.07, 6.45) is 5.20. The van der Waals surface area contributed by atoms with Gasteiger partial charge in [0.15, 0.2) is 0 Å². The van der Waals surface area contributed by atoms with Crippen molar-refractivity contribution in [1.82, 2.24) is 9.97 Å². The van der Waals surface area contributed by atoms with E-state index in [1.807, 2.05) is 49.1 Å². The Hall–Kier alpha value is -4.21. The van der Waals surface area contributed by atoms with E-state index in [1.165, 1.54) is 6.33 Å². The van der Waals surface area contributed by atoms with Crippen LogP contribution in [0.1, 0.15) is 36.1 Å². The van der Waals surface area contributed by atoms with E-state index in [-0.39, 0.29) is 6.42 Å². The van der Waals surface area contributed by atoms with Crippen LogP contribution in [-0.4, -0.2) is 9.97 Å². The van der Waals surface area contributed by atoms with Crippen LogP contribution in [0.15, 0.2) is 61.2 Å². The molecule has 0 aliphatic heterocycles. The van der Waals surface area contributed by atoms with E-state index >= 15 is 0 Å². The zero-order valence-electron chi connectivity index (χ0n) is 16.9. The number of hydrogen-bond donors (Lipinski definition) is 0. The molecule has 0 spiro atoms. The van der Waals surface area contributed by atoms with Crippen molar-refractivity contribution in [3.8, 4) is 18.2 Å². The molecule has 146 valence electrons. The number of aromatic nitrogens is 2. The van der Waals surface area contributed by atoms with Gasteiger partial charge in [0, 0.05) is 12.2 Å². The van der Waals surface area contributed by atoms with Crippen LogP contribution >= 0.6 is 0 Å². The van der Waals surface area contributed by atoms with Gasteiger partial charge < -0.3 is 4.90 Å². The third-order valence-corrected chi connectivity index (χ3v) is 4.84. The van der Waals surface area contributed by atoms with Gasteiger partial charge >= 0.3 is 0 Å². The minimum Gasteiger partial charge on any atom is -0.334 e. The Morgan fingerprint density at radius 1 is 0.900 bits per heavy atom. The Labute approximate surface area is 176 Å². The van der Waals surface area contributed by atoms with Gasteiger partial charge in [-0.05, 0) is 54.8 Å². The molecular weight excluding hydrogens is 372 g/mol. The molecule has 6 nitrogen and oxygen atoms in total. The van der Waals surface area contributed by atoms with Gasteiger partial charge in [-0.2, -0.15) is 15.8 Å².